The van der Waals surface area contributed by atoms with Crippen LogP contribution < -0.4 is 40.0 Å². The molecule has 0 aliphatic carbocycles. The molecule has 8 heteroatoms. The van der Waals surface area contributed by atoms with Crippen molar-refractivity contribution in [1.82, 2.24) is 5.32 Å². The molecule has 0 atom stereocenters. The van der Waals surface area contributed by atoms with Crippen LogP contribution in [-0.2, 0) is 23.7 Å². The van der Waals surface area contributed by atoms with Crippen molar-refractivity contribution in [3.63, 3.8) is 0 Å². The van der Waals surface area contributed by atoms with Crippen LogP contribution in [0.3, 0.4) is 0 Å². The molecule has 114 valence electrons. The number of hydrogen-bond donors (Lipinski definition) is 1. The third kappa shape index (κ3) is 20.6. The van der Waals surface area contributed by atoms with Gasteiger partial charge in [-0.1, -0.05) is 0 Å². The van der Waals surface area contributed by atoms with Gasteiger partial charge in [0.25, 0.3) is 0 Å². The van der Waals surface area contributed by atoms with Crippen molar-refractivity contribution >= 4 is 5.97 Å². The number of nitrogens with one attached hydrogen (secondary N) is 1. The number of carbonyl (C=O) groups excluding carboxylic acids is 1. The van der Waals surface area contributed by atoms with Gasteiger partial charge < -0.3 is 34.2 Å². The van der Waals surface area contributed by atoms with Crippen molar-refractivity contribution in [3.8, 4) is 0 Å². The van der Waals surface area contributed by atoms with E-state index in [1.807, 2.05) is 7.05 Å². The van der Waals surface area contributed by atoms with Crippen molar-refractivity contribution < 1.29 is 58.4 Å². The molecule has 0 bridgehead atoms. The summed E-state index contributed by atoms with van der Waals surface area (Å²) < 4.78 is 20.8. The number of ether oxygens (including phenoxy) is 4. The van der Waals surface area contributed by atoms with Gasteiger partial charge in [0.2, 0.25) is 0 Å². The van der Waals surface area contributed by atoms with Gasteiger partial charge in [-0.2, -0.15) is 0 Å². The Hall–Kier alpha value is 0.270. The van der Waals surface area contributed by atoms with Gasteiger partial charge in [-0.25, -0.2) is 0 Å². The van der Waals surface area contributed by atoms with E-state index in [4.69, 9.17) is 18.9 Å². The number of aliphatic carboxylic acids is 1. The van der Waals surface area contributed by atoms with E-state index in [1.54, 1.807) is 0 Å². The molecule has 0 fully saturated rings. The van der Waals surface area contributed by atoms with E-state index in [1.165, 1.54) is 0 Å². The molecule has 0 saturated heterocycles. The topological polar surface area (TPSA) is 89.1 Å². The van der Waals surface area contributed by atoms with Gasteiger partial charge >= 0.3 is 29.6 Å². The summed E-state index contributed by atoms with van der Waals surface area (Å²) >= 11 is 0. The molecule has 0 aromatic rings. The fourth-order valence-corrected chi connectivity index (χ4v) is 1.09. The molecular formula is C12H24NNaO6. The minimum atomic E-state index is -1.11. The van der Waals surface area contributed by atoms with Crippen molar-refractivity contribution in [2.75, 3.05) is 66.4 Å². The second kappa shape index (κ2) is 19.3. The Morgan fingerprint density at radius 2 is 1.25 bits per heavy atom. The maximum Gasteiger partial charge on any atom is 1.00 e. The smallest absolute Gasteiger partial charge is 0.550 e. The van der Waals surface area contributed by atoms with Gasteiger partial charge in [-0.05, 0) is 7.05 Å². The van der Waals surface area contributed by atoms with Crippen LogP contribution in [0.4, 0.5) is 0 Å². The van der Waals surface area contributed by atoms with Gasteiger partial charge in [-0.15, -0.1) is 0 Å². The molecule has 0 rings (SSSR count). The molecule has 0 amide bonds. The Morgan fingerprint density at radius 3 is 1.65 bits per heavy atom. The van der Waals surface area contributed by atoms with E-state index in [2.05, 4.69) is 5.32 Å². The second-order valence-electron chi connectivity index (χ2n) is 3.68. The summed E-state index contributed by atoms with van der Waals surface area (Å²) in [6, 6.07) is 0. The molecule has 0 aromatic carbocycles. The number of rotatable bonds is 15. The SMILES string of the molecule is CNCCOCCOCCOCCOCCC(=O)[O-].[Na+]. The van der Waals surface area contributed by atoms with Crippen molar-refractivity contribution in [1.29, 1.82) is 0 Å². The Morgan fingerprint density at radius 1 is 0.850 bits per heavy atom. The quantitative estimate of drug-likeness (QED) is 0.240. The first-order chi connectivity index (χ1) is 9.27. The van der Waals surface area contributed by atoms with Crippen LogP contribution in [0.1, 0.15) is 6.42 Å². The van der Waals surface area contributed by atoms with E-state index in [9.17, 15) is 9.90 Å². The Bertz CT molecular complexity index is 208. The third-order valence-corrected chi connectivity index (χ3v) is 2.06. The summed E-state index contributed by atoms with van der Waals surface area (Å²) in [4.78, 5) is 10.1. The standard InChI is InChI=1S/C12H25NO6.Na/c1-13-3-5-17-7-9-19-11-10-18-8-6-16-4-2-12(14)15;/h13H,2-11H2,1H3,(H,14,15);/q;+1/p-1. The predicted octanol–water partition coefficient (Wildman–Crippen LogP) is -4.58. The van der Waals surface area contributed by atoms with Gasteiger partial charge in [0.15, 0.2) is 0 Å². The summed E-state index contributed by atoms with van der Waals surface area (Å²) in [6.45, 7) is 4.60. The zero-order chi connectivity index (χ0) is 14.2. The zero-order valence-corrected chi connectivity index (χ0v) is 14.5. The molecule has 0 saturated carbocycles. The average molecular weight is 301 g/mol. The van der Waals surface area contributed by atoms with E-state index in [0.717, 1.165) is 6.54 Å². The largest absolute Gasteiger partial charge is 1.00 e. The Labute approximate surface area is 142 Å². The number of carboxylic acids is 1. The summed E-state index contributed by atoms with van der Waals surface area (Å²) in [5.74, 6) is -1.11. The fraction of sp³-hybridized carbons (Fsp3) is 0.917. The molecule has 0 heterocycles. The summed E-state index contributed by atoms with van der Waals surface area (Å²) in [7, 11) is 1.87. The molecule has 0 spiro atoms. The molecule has 0 aliphatic rings. The predicted molar refractivity (Wildman–Crippen MR) is 66.8 cm³/mol. The number of hydrogen-bond acceptors (Lipinski definition) is 7. The number of likely N-dealkylation sites (N-methyl/N-ethyl adjacent to an activating group) is 1. The first-order valence-corrected chi connectivity index (χ1v) is 6.42. The van der Waals surface area contributed by atoms with Crippen LogP contribution in [0.25, 0.3) is 0 Å². The number of carbonyl (C=O) groups is 1. The average Bonchev–Trinajstić information content (AvgIpc) is 2.39. The first kappa shape index (κ1) is 22.5. The van der Waals surface area contributed by atoms with Crippen LogP contribution in [-0.4, -0.2) is 72.4 Å². The molecule has 0 aromatic heterocycles. The number of carboxylic acid groups (broad SMARTS) is 1. The molecule has 0 radical (unpaired) electrons. The first-order valence-electron chi connectivity index (χ1n) is 6.42. The van der Waals surface area contributed by atoms with Gasteiger partial charge in [-0.3, -0.25) is 0 Å². The van der Waals surface area contributed by atoms with Crippen LogP contribution >= 0.6 is 0 Å². The van der Waals surface area contributed by atoms with Crippen molar-refractivity contribution in [2.24, 2.45) is 0 Å². The third-order valence-electron chi connectivity index (χ3n) is 2.06. The Kier molecular flexibility index (Phi) is 21.7. The Balaban J connectivity index is 0. The maximum absolute atomic E-state index is 10.1. The van der Waals surface area contributed by atoms with Crippen LogP contribution in [0, 0.1) is 0 Å². The van der Waals surface area contributed by atoms with Gasteiger partial charge in [0.05, 0.1) is 52.9 Å². The molecule has 1 N–H and O–H groups in total. The summed E-state index contributed by atoms with van der Waals surface area (Å²) in [6.07, 6.45) is -0.0866. The van der Waals surface area contributed by atoms with E-state index in [-0.39, 0.29) is 42.6 Å². The van der Waals surface area contributed by atoms with E-state index >= 15 is 0 Å². The monoisotopic (exact) mass is 301 g/mol. The van der Waals surface area contributed by atoms with E-state index in [0.29, 0.717) is 46.2 Å². The normalized spacial score (nSPS) is 10.2. The second-order valence-corrected chi connectivity index (χ2v) is 3.68. The van der Waals surface area contributed by atoms with Crippen LogP contribution in [0.15, 0.2) is 0 Å². The minimum Gasteiger partial charge on any atom is -0.550 e. The van der Waals surface area contributed by atoms with Crippen LogP contribution in [0.5, 0.6) is 0 Å². The van der Waals surface area contributed by atoms with Crippen LogP contribution in [0.2, 0.25) is 0 Å². The minimum absolute atomic E-state index is 0. The van der Waals surface area contributed by atoms with Gasteiger partial charge in [0.1, 0.15) is 0 Å². The van der Waals surface area contributed by atoms with Crippen molar-refractivity contribution in [2.45, 2.75) is 6.42 Å². The molecule has 0 unspecified atom stereocenters. The molecule has 0 aliphatic heterocycles. The fourth-order valence-electron chi connectivity index (χ4n) is 1.09. The van der Waals surface area contributed by atoms with Gasteiger partial charge in [0, 0.05) is 18.9 Å². The molecule has 20 heavy (non-hydrogen) atoms. The molecular weight excluding hydrogens is 277 g/mol. The van der Waals surface area contributed by atoms with E-state index < -0.39 is 5.97 Å². The molecule has 7 nitrogen and oxygen atoms in total. The maximum atomic E-state index is 10.1. The zero-order valence-electron chi connectivity index (χ0n) is 12.5. The summed E-state index contributed by atoms with van der Waals surface area (Å²) in [5.41, 5.74) is 0. The van der Waals surface area contributed by atoms with Crippen molar-refractivity contribution in [3.05, 3.63) is 0 Å². The summed E-state index contributed by atoms with van der Waals surface area (Å²) in [5, 5.41) is 13.0.